The highest BCUT2D eigenvalue weighted by Crippen LogP contribution is 2.19. The van der Waals surface area contributed by atoms with E-state index in [0.717, 1.165) is 0 Å². The lowest BCUT2D eigenvalue weighted by molar-refractivity contribution is 0.0243. The molecule has 0 bridgehead atoms. The fraction of sp³-hybridized carbons (Fsp3) is 0.333. The Morgan fingerprint density at radius 2 is 2.29 bits per heavy atom. The molecule has 2 unspecified atom stereocenters. The van der Waals surface area contributed by atoms with Crippen LogP contribution in [0.4, 0.5) is 0 Å². The first-order chi connectivity index (χ1) is 8.22. The molecule has 88 valence electrons. The summed E-state index contributed by atoms with van der Waals surface area (Å²) in [5.41, 5.74) is 9.75. The second kappa shape index (κ2) is 4.79. The van der Waals surface area contributed by atoms with Gasteiger partial charge in [0.15, 0.2) is 5.65 Å². The number of nitrogens with zero attached hydrogens (tertiary/aromatic N) is 5. The molecule has 2 rings (SSSR count). The Bertz CT molecular complexity index is 561. The number of nitrogens with one attached hydrogen (secondary N) is 1. The molecule has 0 radical (unpaired) electrons. The molecule has 2 aromatic rings. The van der Waals surface area contributed by atoms with E-state index < -0.39 is 12.2 Å². The maximum absolute atomic E-state index is 9.81. The number of hydrogen-bond donors (Lipinski definition) is 3. The van der Waals surface area contributed by atoms with Crippen molar-refractivity contribution in [3.8, 4) is 0 Å². The van der Waals surface area contributed by atoms with Gasteiger partial charge in [0, 0.05) is 16.7 Å². The lowest BCUT2D eigenvalue weighted by Crippen LogP contribution is -2.21. The van der Waals surface area contributed by atoms with Crippen molar-refractivity contribution in [3.05, 3.63) is 34.6 Å². The van der Waals surface area contributed by atoms with Gasteiger partial charge in [-0.05, 0) is 11.6 Å². The standard InChI is InChI=1S/C9H10N6O2/c10-15-14-3-7(16)8(17)5-1-6-9(11-2-5)13-4-12-6/h1-2,4,7-8,16-17H,3H2,(H,11,12,13). The normalized spacial score (nSPS) is 14.2. The van der Waals surface area contributed by atoms with E-state index in [-0.39, 0.29) is 6.54 Å². The molecule has 0 spiro atoms. The van der Waals surface area contributed by atoms with Crippen LogP contribution in [0, 0.1) is 0 Å². The number of pyridine rings is 1. The van der Waals surface area contributed by atoms with E-state index in [0.29, 0.717) is 16.7 Å². The minimum absolute atomic E-state index is 0.196. The van der Waals surface area contributed by atoms with Crippen molar-refractivity contribution in [2.75, 3.05) is 6.54 Å². The number of aromatic amines is 1. The van der Waals surface area contributed by atoms with Gasteiger partial charge in [0.25, 0.3) is 0 Å². The summed E-state index contributed by atoms with van der Waals surface area (Å²) in [7, 11) is 0. The molecule has 0 aliphatic heterocycles. The summed E-state index contributed by atoms with van der Waals surface area (Å²) in [6.45, 7) is -0.196. The van der Waals surface area contributed by atoms with Crippen LogP contribution >= 0.6 is 0 Å². The smallest absolute Gasteiger partial charge is 0.177 e. The van der Waals surface area contributed by atoms with Gasteiger partial charge in [-0.2, -0.15) is 0 Å². The number of hydrogen-bond acceptors (Lipinski definition) is 5. The van der Waals surface area contributed by atoms with E-state index in [2.05, 4.69) is 25.0 Å². The molecular weight excluding hydrogens is 224 g/mol. The molecule has 2 heterocycles. The molecule has 17 heavy (non-hydrogen) atoms. The Kier molecular flexibility index (Phi) is 3.20. The number of aliphatic hydroxyl groups is 2. The molecule has 3 N–H and O–H groups in total. The van der Waals surface area contributed by atoms with Crippen LogP contribution in [0.1, 0.15) is 11.7 Å². The first-order valence-corrected chi connectivity index (χ1v) is 4.88. The molecule has 0 fully saturated rings. The molecule has 2 aromatic heterocycles. The van der Waals surface area contributed by atoms with Crippen molar-refractivity contribution in [2.45, 2.75) is 12.2 Å². The Morgan fingerprint density at radius 1 is 1.47 bits per heavy atom. The van der Waals surface area contributed by atoms with Crippen molar-refractivity contribution in [2.24, 2.45) is 5.11 Å². The Hall–Kier alpha value is -2.15. The average molecular weight is 234 g/mol. The van der Waals surface area contributed by atoms with Crippen LogP contribution in [-0.4, -0.2) is 37.8 Å². The van der Waals surface area contributed by atoms with Crippen LogP contribution in [0.15, 0.2) is 23.7 Å². The topological polar surface area (TPSA) is 131 Å². The first-order valence-electron chi connectivity index (χ1n) is 4.88. The number of fused-ring (bicyclic) bond motifs is 1. The van der Waals surface area contributed by atoms with Crippen molar-refractivity contribution in [1.82, 2.24) is 15.0 Å². The number of H-pyrrole nitrogens is 1. The third-order valence-corrected chi connectivity index (χ3v) is 2.33. The molecule has 0 aliphatic rings. The number of imidazole rings is 1. The van der Waals surface area contributed by atoms with Gasteiger partial charge in [0.1, 0.15) is 6.10 Å². The first kappa shape index (κ1) is 11.3. The lowest BCUT2D eigenvalue weighted by Gasteiger charge is -2.15. The SMILES string of the molecule is [N-]=[N+]=NCC(O)C(O)c1cnc2nc[nH]c2c1. The molecule has 2 atom stereocenters. The largest absolute Gasteiger partial charge is 0.390 e. The van der Waals surface area contributed by atoms with Crippen molar-refractivity contribution in [1.29, 1.82) is 0 Å². The summed E-state index contributed by atoms with van der Waals surface area (Å²) in [5.74, 6) is 0. The quantitative estimate of drug-likeness (QED) is 0.407. The van der Waals surface area contributed by atoms with Crippen LogP contribution in [0.3, 0.4) is 0 Å². The fourth-order valence-corrected chi connectivity index (χ4v) is 1.45. The maximum atomic E-state index is 9.81. The van der Waals surface area contributed by atoms with Gasteiger partial charge >= 0.3 is 0 Å². The summed E-state index contributed by atoms with van der Waals surface area (Å²) >= 11 is 0. The molecule has 8 heteroatoms. The monoisotopic (exact) mass is 234 g/mol. The number of aliphatic hydroxyl groups excluding tert-OH is 2. The summed E-state index contributed by atoms with van der Waals surface area (Å²) in [6, 6.07) is 1.64. The van der Waals surface area contributed by atoms with E-state index in [4.69, 9.17) is 5.53 Å². The summed E-state index contributed by atoms with van der Waals surface area (Å²) < 4.78 is 0. The highest BCUT2D eigenvalue weighted by molar-refractivity contribution is 5.70. The Labute approximate surface area is 95.6 Å². The highest BCUT2D eigenvalue weighted by Gasteiger charge is 2.18. The minimum atomic E-state index is -1.16. The zero-order chi connectivity index (χ0) is 12.3. The van der Waals surface area contributed by atoms with E-state index in [9.17, 15) is 10.2 Å². The molecule has 0 amide bonds. The van der Waals surface area contributed by atoms with Gasteiger partial charge in [0.05, 0.1) is 24.5 Å². The lowest BCUT2D eigenvalue weighted by atomic mass is 10.1. The summed E-state index contributed by atoms with van der Waals surface area (Å²) in [6.07, 6.45) is 0.603. The zero-order valence-electron chi connectivity index (χ0n) is 8.72. The van der Waals surface area contributed by atoms with Crippen molar-refractivity contribution in [3.63, 3.8) is 0 Å². The van der Waals surface area contributed by atoms with Crippen LogP contribution in [-0.2, 0) is 0 Å². The number of azide groups is 1. The maximum Gasteiger partial charge on any atom is 0.177 e. The Balaban J connectivity index is 2.22. The Morgan fingerprint density at radius 3 is 3.06 bits per heavy atom. The molecular formula is C9H10N6O2. The zero-order valence-corrected chi connectivity index (χ0v) is 8.72. The molecule has 0 aliphatic carbocycles. The third-order valence-electron chi connectivity index (χ3n) is 2.33. The van der Waals surface area contributed by atoms with E-state index >= 15 is 0 Å². The van der Waals surface area contributed by atoms with E-state index in [1.807, 2.05) is 0 Å². The van der Waals surface area contributed by atoms with Gasteiger partial charge in [-0.25, -0.2) is 9.97 Å². The summed E-state index contributed by atoms with van der Waals surface area (Å²) in [4.78, 5) is 13.3. The van der Waals surface area contributed by atoms with Gasteiger partial charge in [-0.1, -0.05) is 5.11 Å². The second-order valence-electron chi connectivity index (χ2n) is 3.47. The van der Waals surface area contributed by atoms with Crippen molar-refractivity contribution < 1.29 is 10.2 Å². The predicted octanol–water partition coefficient (Wildman–Crippen LogP) is 0.662. The van der Waals surface area contributed by atoms with Gasteiger partial charge in [0.2, 0.25) is 0 Å². The molecule has 0 saturated heterocycles. The van der Waals surface area contributed by atoms with Crippen LogP contribution in [0.5, 0.6) is 0 Å². The summed E-state index contributed by atoms with van der Waals surface area (Å²) in [5, 5.41) is 22.6. The van der Waals surface area contributed by atoms with Crippen molar-refractivity contribution >= 4 is 11.2 Å². The van der Waals surface area contributed by atoms with Crippen LogP contribution < -0.4 is 0 Å². The van der Waals surface area contributed by atoms with E-state index in [1.54, 1.807) is 6.07 Å². The van der Waals surface area contributed by atoms with Gasteiger partial charge in [-0.15, -0.1) is 0 Å². The van der Waals surface area contributed by atoms with E-state index in [1.165, 1.54) is 12.5 Å². The van der Waals surface area contributed by atoms with Gasteiger partial charge < -0.3 is 15.2 Å². The third kappa shape index (κ3) is 2.34. The predicted molar refractivity (Wildman–Crippen MR) is 58.9 cm³/mol. The second-order valence-corrected chi connectivity index (χ2v) is 3.47. The fourth-order valence-electron chi connectivity index (χ4n) is 1.45. The number of rotatable bonds is 4. The van der Waals surface area contributed by atoms with Crippen LogP contribution in [0.2, 0.25) is 0 Å². The molecule has 8 nitrogen and oxygen atoms in total. The highest BCUT2D eigenvalue weighted by atomic mass is 16.3. The average Bonchev–Trinajstić information content (AvgIpc) is 2.81. The molecule has 0 saturated carbocycles. The number of aromatic nitrogens is 3. The molecule has 0 aromatic carbocycles. The van der Waals surface area contributed by atoms with Crippen LogP contribution in [0.25, 0.3) is 21.6 Å². The van der Waals surface area contributed by atoms with Gasteiger partial charge in [-0.3, -0.25) is 0 Å². The minimum Gasteiger partial charge on any atom is -0.390 e.